The van der Waals surface area contributed by atoms with Gasteiger partial charge in [0.05, 0.1) is 0 Å². The van der Waals surface area contributed by atoms with Gasteiger partial charge in [0.1, 0.15) is 0 Å². The lowest BCUT2D eigenvalue weighted by Crippen LogP contribution is -2.43. The highest BCUT2D eigenvalue weighted by Crippen LogP contribution is 2.25. The van der Waals surface area contributed by atoms with E-state index >= 15 is 0 Å². The van der Waals surface area contributed by atoms with E-state index in [1.54, 1.807) is 0 Å². The van der Waals surface area contributed by atoms with Gasteiger partial charge in [-0.1, -0.05) is 25.7 Å². The van der Waals surface area contributed by atoms with Gasteiger partial charge in [-0.2, -0.15) is 0 Å². The molecule has 1 aliphatic rings. The Morgan fingerprint density at radius 3 is 2.29 bits per heavy atom. The lowest BCUT2D eigenvalue weighted by Gasteiger charge is -2.25. The van der Waals surface area contributed by atoms with Crippen molar-refractivity contribution in [2.45, 2.75) is 77.3 Å². The van der Waals surface area contributed by atoms with Crippen LogP contribution in [0.2, 0.25) is 0 Å². The molecule has 1 amide bonds. The molecule has 0 heterocycles. The molecular weight excluding hydrogens is 212 g/mol. The summed E-state index contributed by atoms with van der Waals surface area (Å²) in [5.41, 5.74) is 5.45. The van der Waals surface area contributed by atoms with Gasteiger partial charge in [0.2, 0.25) is 5.91 Å². The van der Waals surface area contributed by atoms with Crippen molar-refractivity contribution >= 4 is 5.91 Å². The van der Waals surface area contributed by atoms with E-state index in [1.807, 2.05) is 13.8 Å². The van der Waals surface area contributed by atoms with Gasteiger partial charge in [0, 0.05) is 18.0 Å². The molecule has 0 aromatic rings. The van der Waals surface area contributed by atoms with Crippen molar-refractivity contribution in [1.29, 1.82) is 0 Å². The number of nitrogens with one attached hydrogen (secondary N) is 1. The van der Waals surface area contributed by atoms with E-state index in [0.29, 0.717) is 18.4 Å². The average Bonchev–Trinajstić information content (AvgIpc) is 2.41. The van der Waals surface area contributed by atoms with Crippen LogP contribution >= 0.6 is 0 Å². The average molecular weight is 240 g/mol. The molecule has 0 aromatic carbocycles. The Morgan fingerprint density at radius 2 is 1.82 bits per heavy atom. The SMILES string of the molecule is C[C@H](NC(=O)CC(C)(C)N)C1CCCCCC1. The second-order valence-corrected chi connectivity index (χ2v) is 6.27. The molecule has 0 spiro atoms. The Morgan fingerprint density at radius 1 is 1.29 bits per heavy atom. The fourth-order valence-corrected chi connectivity index (χ4v) is 2.65. The maximum atomic E-state index is 11.8. The van der Waals surface area contributed by atoms with Gasteiger partial charge in [-0.25, -0.2) is 0 Å². The Bertz CT molecular complexity index is 237. The number of nitrogens with two attached hydrogens (primary N) is 1. The molecule has 1 atom stereocenters. The van der Waals surface area contributed by atoms with Gasteiger partial charge >= 0.3 is 0 Å². The van der Waals surface area contributed by atoms with E-state index in [0.717, 1.165) is 0 Å². The van der Waals surface area contributed by atoms with Crippen molar-refractivity contribution < 1.29 is 4.79 Å². The lowest BCUT2D eigenvalue weighted by atomic mass is 9.92. The van der Waals surface area contributed by atoms with Crippen molar-refractivity contribution in [3.05, 3.63) is 0 Å². The van der Waals surface area contributed by atoms with E-state index < -0.39 is 5.54 Å². The molecule has 1 fully saturated rings. The molecule has 3 N–H and O–H groups in total. The largest absolute Gasteiger partial charge is 0.353 e. The molecule has 3 nitrogen and oxygen atoms in total. The van der Waals surface area contributed by atoms with Gasteiger partial charge in [0.15, 0.2) is 0 Å². The number of hydrogen-bond donors (Lipinski definition) is 2. The second-order valence-electron chi connectivity index (χ2n) is 6.27. The zero-order chi connectivity index (χ0) is 12.9. The molecule has 1 saturated carbocycles. The molecule has 0 aliphatic heterocycles. The van der Waals surface area contributed by atoms with Gasteiger partial charge in [-0.3, -0.25) is 4.79 Å². The molecule has 0 aromatic heterocycles. The molecule has 100 valence electrons. The summed E-state index contributed by atoms with van der Waals surface area (Å²) in [6.45, 7) is 5.92. The molecule has 0 unspecified atom stereocenters. The summed E-state index contributed by atoms with van der Waals surface area (Å²) >= 11 is 0. The van der Waals surface area contributed by atoms with Crippen LogP contribution in [0.1, 0.15) is 65.7 Å². The van der Waals surface area contributed by atoms with Crippen LogP contribution in [0.3, 0.4) is 0 Å². The predicted octanol–water partition coefficient (Wildman–Crippen LogP) is 2.59. The van der Waals surface area contributed by atoms with Crippen molar-refractivity contribution in [1.82, 2.24) is 5.32 Å². The quantitative estimate of drug-likeness (QED) is 0.742. The third kappa shape index (κ3) is 6.06. The summed E-state index contributed by atoms with van der Waals surface area (Å²) in [7, 11) is 0. The van der Waals surface area contributed by atoms with Crippen molar-refractivity contribution in [2.75, 3.05) is 0 Å². The predicted molar refractivity (Wildman–Crippen MR) is 71.7 cm³/mol. The molecule has 0 saturated heterocycles. The topological polar surface area (TPSA) is 55.1 Å². The van der Waals surface area contributed by atoms with Crippen molar-refractivity contribution in [3.63, 3.8) is 0 Å². The van der Waals surface area contributed by atoms with E-state index in [2.05, 4.69) is 12.2 Å². The summed E-state index contributed by atoms with van der Waals surface area (Å²) in [6, 6.07) is 0.294. The highest BCUT2D eigenvalue weighted by molar-refractivity contribution is 5.77. The lowest BCUT2D eigenvalue weighted by molar-refractivity contribution is -0.123. The monoisotopic (exact) mass is 240 g/mol. The van der Waals surface area contributed by atoms with Crippen LogP contribution in [-0.2, 0) is 4.79 Å². The van der Waals surface area contributed by atoms with E-state index in [-0.39, 0.29) is 5.91 Å². The van der Waals surface area contributed by atoms with Crippen LogP contribution in [0.25, 0.3) is 0 Å². The molecule has 1 aliphatic carbocycles. The van der Waals surface area contributed by atoms with Gasteiger partial charge in [-0.15, -0.1) is 0 Å². The minimum atomic E-state index is -0.409. The summed E-state index contributed by atoms with van der Waals surface area (Å²) in [6.07, 6.45) is 8.26. The number of carbonyl (C=O) groups excluding carboxylic acids is 1. The molecule has 1 rings (SSSR count). The fraction of sp³-hybridized carbons (Fsp3) is 0.929. The number of carbonyl (C=O) groups is 1. The third-order valence-corrected chi connectivity index (χ3v) is 3.61. The Kier molecular flexibility index (Phi) is 5.44. The first-order chi connectivity index (χ1) is 7.88. The summed E-state index contributed by atoms with van der Waals surface area (Å²) in [5.74, 6) is 0.747. The maximum Gasteiger partial charge on any atom is 0.222 e. The molecule has 17 heavy (non-hydrogen) atoms. The Labute approximate surface area is 106 Å². The highest BCUT2D eigenvalue weighted by Gasteiger charge is 2.22. The molecule has 0 bridgehead atoms. The van der Waals surface area contributed by atoms with Crippen LogP contribution in [-0.4, -0.2) is 17.5 Å². The molecule has 0 radical (unpaired) electrons. The van der Waals surface area contributed by atoms with E-state index in [1.165, 1.54) is 38.5 Å². The Balaban J connectivity index is 2.36. The third-order valence-electron chi connectivity index (χ3n) is 3.61. The zero-order valence-corrected chi connectivity index (χ0v) is 11.6. The number of amides is 1. The maximum absolute atomic E-state index is 11.8. The summed E-state index contributed by atoms with van der Waals surface area (Å²) < 4.78 is 0. The molecular formula is C14H28N2O. The standard InChI is InChI=1S/C14H28N2O/c1-11(12-8-6-4-5-7-9-12)16-13(17)10-14(2,3)15/h11-12H,4-10,15H2,1-3H3,(H,16,17)/t11-/m0/s1. The van der Waals surface area contributed by atoms with Gasteiger partial charge < -0.3 is 11.1 Å². The number of rotatable bonds is 4. The molecule has 3 heteroatoms. The zero-order valence-electron chi connectivity index (χ0n) is 11.6. The summed E-state index contributed by atoms with van der Waals surface area (Å²) in [4.78, 5) is 11.8. The van der Waals surface area contributed by atoms with Gasteiger partial charge in [0.25, 0.3) is 0 Å². The van der Waals surface area contributed by atoms with Crippen LogP contribution < -0.4 is 11.1 Å². The fourth-order valence-electron chi connectivity index (χ4n) is 2.65. The van der Waals surface area contributed by atoms with Crippen molar-refractivity contribution in [2.24, 2.45) is 11.7 Å². The van der Waals surface area contributed by atoms with E-state index in [9.17, 15) is 4.79 Å². The van der Waals surface area contributed by atoms with E-state index in [4.69, 9.17) is 5.73 Å². The first kappa shape index (κ1) is 14.5. The van der Waals surface area contributed by atoms with Crippen LogP contribution in [0.15, 0.2) is 0 Å². The van der Waals surface area contributed by atoms with Crippen LogP contribution in [0.4, 0.5) is 0 Å². The first-order valence-electron chi connectivity index (χ1n) is 6.97. The summed E-state index contributed by atoms with van der Waals surface area (Å²) in [5, 5.41) is 3.11. The van der Waals surface area contributed by atoms with Gasteiger partial charge in [-0.05, 0) is 39.5 Å². The van der Waals surface area contributed by atoms with Crippen LogP contribution in [0, 0.1) is 5.92 Å². The highest BCUT2D eigenvalue weighted by atomic mass is 16.1. The first-order valence-corrected chi connectivity index (χ1v) is 6.97. The minimum absolute atomic E-state index is 0.0919. The Hall–Kier alpha value is -0.570. The van der Waals surface area contributed by atoms with Crippen molar-refractivity contribution in [3.8, 4) is 0 Å². The minimum Gasteiger partial charge on any atom is -0.353 e. The second kappa shape index (κ2) is 6.39. The number of hydrogen-bond acceptors (Lipinski definition) is 2. The smallest absolute Gasteiger partial charge is 0.222 e. The normalized spacial score (nSPS) is 20.7. The van der Waals surface area contributed by atoms with Crippen LogP contribution in [0.5, 0.6) is 0 Å².